The number of phenolic OH excluding ortho intramolecular Hbond substituents is 1. The summed E-state index contributed by atoms with van der Waals surface area (Å²) in [6, 6.07) is 12.1. The van der Waals surface area contributed by atoms with E-state index in [2.05, 4.69) is 0 Å². The van der Waals surface area contributed by atoms with E-state index in [0.717, 1.165) is 34.4 Å². The van der Waals surface area contributed by atoms with E-state index < -0.39 is 11.7 Å². The second kappa shape index (κ2) is 10.4. The van der Waals surface area contributed by atoms with Crippen LogP contribution >= 0.6 is 0 Å². The molecule has 0 bridgehead atoms. The Morgan fingerprint density at radius 3 is 2.02 bits per heavy atom. The lowest BCUT2D eigenvalue weighted by Gasteiger charge is -2.43. The lowest BCUT2D eigenvalue weighted by atomic mass is 9.95. The van der Waals surface area contributed by atoms with Crippen LogP contribution in [0.15, 0.2) is 48.5 Å². The van der Waals surface area contributed by atoms with Crippen molar-refractivity contribution in [3.63, 3.8) is 0 Å². The van der Waals surface area contributed by atoms with E-state index >= 15 is 0 Å². The maximum absolute atomic E-state index is 14.6. The van der Waals surface area contributed by atoms with Gasteiger partial charge in [-0.05, 0) is 108 Å². The fourth-order valence-corrected chi connectivity index (χ4v) is 6.03. The number of aromatic hydroxyl groups is 1. The standard InChI is InChI=1S/C32H36F3N3O2/c1-18(2)38(19(3)4,31(40)30-22(7)13-20(5)14-23(30)8)17-29-36-26-16-24(32(33,34)35)9-11-28(26)37(29)27-12-10-25(39)15-21(27)6/h9-16,18-19H,17H2,1-8H3/p+1. The summed E-state index contributed by atoms with van der Waals surface area (Å²) >= 11 is 0. The highest BCUT2D eigenvalue weighted by molar-refractivity contribution is 5.92. The van der Waals surface area contributed by atoms with Crippen molar-refractivity contribution < 1.29 is 27.6 Å². The molecule has 5 nitrogen and oxygen atoms in total. The first-order valence-electron chi connectivity index (χ1n) is 13.5. The number of nitrogens with zero attached hydrogens (tertiary/aromatic N) is 3. The zero-order chi connectivity index (χ0) is 29.7. The van der Waals surface area contributed by atoms with Crippen LogP contribution in [0.5, 0.6) is 5.75 Å². The van der Waals surface area contributed by atoms with Crippen molar-refractivity contribution in [2.75, 3.05) is 0 Å². The van der Waals surface area contributed by atoms with Crippen molar-refractivity contribution in [2.24, 2.45) is 0 Å². The molecule has 1 amide bonds. The zero-order valence-corrected chi connectivity index (χ0v) is 24.3. The Morgan fingerprint density at radius 2 is 1.50 bits per heavy atom. The summed E-state index contributed by atoms with van der Waals surface area (Å²) in [6.07, 6.45) is -4.52. The lowest BCUT2D eigenvalue weighted by molar-refractivity contribution is -0.904. The molecule has 0 radical (unpaired) electrons. The summed E-state index contributed by atoms with van der Waals surface area (Å²) < 4.78 is 42.7. The maximum Gasteiger partial charge on any atom is 0.416 e. The number of alkyl halides is 3. The summed E-state index contributed by atoms with van der Waals surface area (Å²) in [5.41, 5.74) is 4.83. The smallest absolute Gasteiger partial charge is 0.416 e. The summed E-state index contributed by atoms with van der Waals surface area (Å²) in [5, 5.41) is 10.0. The summed E-state index contributed by atoms with van der Waals surface area (Å²) in [4.78, 5) is 19.4. The second-order valence-corrected chi connectivity index (χ2v) is 11.4. The van der Waals surface area contributed by atoms with Crippen LogP contribution in [0.25, 0.3) is 16.7 Å². The Morgan fingerprint density at radius 1 is 0.900 bits per heavy atom. The molecular formula is C32H37F3N3O2+. The molecular weight excluding hydrogens is 515 g/mol. The van der Waals surface area contributed by atoms with Crippen LogP contribution < -0.4 is 0 Å². The highest BCUT2D eigenvalue weighted by atomic mass is 19.4. The van der Waals surface area contributed by atoms with E-state index in [1.807, 2.05) is 72.1 Å². The number of phenols is 1. The largest absolute Gasteiger partial charge is 0.508 e. The van der Waals surface area contributed by atoms with Crippen molar-refractivity contribution in [1.29, 1.82) is 0 Å². The predicted molar refractivity (Wildman–Crippen MR) is 152 cm³/mol. The van der Waals surface area contributed by atoms with Gasteiger partial charge < -0.3 is 5.11 Å². The van der Waals surface area contributed by atoms with Crippen molar-refractivity contribution in [1.82, 2.24) is 9.55 Å². The van der Waals surface area contributed by atoms with Gasteiger partial charge >= 0.3 is 12.1 Å². The molecule has 212 valence electrons. The predicted octanol–water partition coefficient (Wildman–Crippen LogP) is 7.96. The molecule has 4 aromatic rings. The first-order valence-corrected chi connectivity index (χ1v) is 13.5. The van der Waals surface area contributed by atoms with Crippen molar-refractivity contribution in [2.45, 2.75) is 80.2 Å². The Balaban J connectivity index is 2.02. The third kappa shape index (κ3) is 5.01. The number of amides is 1. The number of aromatic nitrogens is 2. The van der Waals surface area contributed by atoms with Crippen molar-refractivity contribution in [3.8, 4) is 11.4 Å². The number of halogens is 3. The van der Waals surface area contributed by atoms with Gasteiger partial charge in [0.25, 0.3) is 0 Å². The normalized spacial score (nSPS) is 12.6. The minimum absolute atomic E-state index is 0.0251. The van der Waals surface area contributed by atoms with E-state index in [0.29, 0.717) is 22.6 Å². The topological polar surface area (TPSA) is 55.1 Å². The molecule has 0 fully saturated rings. The monoisotopic (exact) mass is 552 g/mol. The van der Waals surface area contributed by atoms with Crippen LogP contribution in [0.2, 0.25) is 0 Å². The number of rotatable bonds is 6. The minimum Gasteiger partial charge on any atom is -0.508 e. The maximum atomic E-state index is 14.6. The quantitative estimate of drug-likeness (QED) is 0.247. The Bertz CT molecular complexity index is 1570. The number of carbonyl (C=O) groups is 1. The number of hydrogen-bond donors (Lipinski definition) is 1. The molecule has 0 atom stereocenters. The van der Waals surface area contributed by atoms with Crippen LogP contribution in [-0.4, -0.2) is 37.1 Å². The molecule has 1 aromatic heterocycles. The van der Waals surface area contributed by atoms with Crippen LogP contribution in [0.3, 0.4) is 0 Å². The highest BCUT2D eigenvalue weighted by Crippen LogP contribution is 2.36. The molecule has 8 heteroatoms. The second-order valence-electron chi connectivity index (χ2n) is 11.4. The van der Waals surface area contributed by atoms with Gasteiger partial charge in [0.1, 0.15) is 12.3 Å². The SMILES string of the molecule is Cc1cc(C)c(C(=O)[N+](Cc2nc3cc(C(F)(F)F)ccc3n2-c2ccc(O)cc2C)(C(C)C)C(C)C)c(C)c1. The van der Waals surface area contributed by atoms with E-state index in [1.165, 1.54) is 6.07 Å². The number of aryl methyl sites for hydroxylation is 4. The summed E-state index contributed by atoms with van der Waals surface area (Å²) in [5.74, 6) is 0.514. The van der Waals surface area contributed by atoms with Gasteiger partial charge in [-0.2, -0.15) is 13.2 Å². The van der Waals surface area contributed by atoms with Crippen molar-refractivity contribution >= 4 is 16.9 Å². The van der Waals surface area contributed by atoms with Gasteiger partial charge in [0, 0.05) is 0 Å². The summed E-state index contributed by atoms with van der Waals surface area (Å²) in [6.45, 7) is 15.9. The molecule has 1 N–H and O–H groups in total. The number of imidazole rings is 1. The van der Waals surface area contributed by atoms with E-state index in [1.54, 1.807) is 18.2 Å². The van der Waals surface area contributed by atoms with Gasteiger partial charge in [0.05, 0.1) is 39.9 Å². The average Bonchev–Trinajstić information content (AvgIpc) is 3.17. The van der Waals surface area contributed by atoms with Gasteiger partial charge in [-0.25, -0.2) is 14.3 Å². The van der Waals surface area contributed by atoms with Gasteiger partial charge in [-0.3, -0.25) is 4.57 Å². The third-order valence-electron chi connectivity index (χ3n) is 7.99. The first-order chi connectivity index (χ1) is 18.6. The van der Waals surface area contributed by atoms with Crippen LogP contribution in [-0.2, 0) is 12.7 Å². The highest BCUT2D eigenvalue weighted by Gasteiger charge is 2.46. The fraction of sp³-hybridized carbons (Fsp3) is 0.375. The lowest BCUT2D eigenvalue weighted by Crippen LogP contribution is -2.61. The minimum atomic E-state index is -4.52. The number of quaternary nitrogens is 1. The van der Waals surface area contributed by atoms with E-state index in [4.69, 9.17) is 4.98 Å². The molecule has 0 aliphatic rings. The third-order valence-corrected chi connectivity index (χ3v) is 7.99. The molecule has 1 heterocycles. The molecule has 0 aliphatic heterocycles. The number of hydrogen-bond acceptors (Lipinski definition) is 3. The van der Waals surface area contributed by atoms with Gasteiger partial charge in [-0.15, -0.1) is 0 Å². The summed E-state index contributed by atoms with van der Waals surface area (Å²) in [7, 11) is 0. The molecule has 0 saturated heterocycles. The zero-order valence-electron chi connectivity index (χ0n) is 24.3. The average molecular weight is 553 g/mol. The number of benzene rings is 3. The fourth-order valence-electron chi connectivity index (χ4n) is 6.03. The van der Waals surface area contributed by atoms with Crippen LogP contribution in [0, 0.1) is 27.7 Å². The van der Waals surface area contributed by atoms with E-state index in [9.17, 15) is 23.1 Å². The molecule has 40 heavy (non-hydrogen) atoms. The Kier molecular flexibility index (Phi) is 7.62. The molecule has 4 rings (SSSR count). The number of carbonyl (C=O) groups excluding carboxylic acids is 1. The number of fused-ring (bicyclic) bond motifs is 1. The van der Waals surface area contributed by atoms with Gasteiger partial charge in [0.2, 0.25) is 0 Å². The molecule has 0 saturated carbocycles. The molecule has 0 unspecified atom stereocenters. The van der Waals surface area contributed by atoms with Crippen LogP contribution in [0.1, 0.15) is 71.7 Å². The van der Waals surface area contributed by atoms with Crippen LogP contribution in [0.4, 0.5) is 13.2 Å². The van der Waals surface area contributed by atoms with Crippen molar-refractivity contribution in [3.05, 3.63) is 87.7 Å². The Hall–Kier alpha value is -3.65. The molecule has 0 spiro atoms. The van der Waals surface area contributed by atoms with Gasteiger partial charge in [0.15, 0.2) is 5.82 Å². The van der Waals surface area contributed by atoms with E-state index in [-0.39, 0.29) is 40.3 Å². The molecule has 0 aliphatic carbocycles. The Labute approximate surface area is 233 Å². The first kappa shape index (κ1) is 29.3. The molecule has 3 aromatic carbocycles. The van der Waals surface area contributed by atoms with Gasteiger partial charge in [-0.1, -0.05) is 17.7 Å².